The lowest BCUT2D eigenvalue weighted by Crippen LogP contribution is -2.39. The molecular formula is C20H22F2N4O2. The smallest absolute Gasteiger partial charge is 0.257 e. The molecule has 0 unspecified atom stereocenters. The van der Waals surface area contributed by atoms with E-state index in [2.05, 4.69) is 20.5 Å². The van der Waals surface area contributed by atoms with Gasteiger partial charge in [-0.2, -0.15) is 0 Å². The first-order chi connectivity index (χ1) is 13.6. The summed E-state index contributed by atoms with van der Waals surface area (Å²) >= 11 is 0. The molecule has 6 nitrogen and oxygen atoms in total. The molecule has 0 bridgehead atoms. The number of morpholine rings is 1. The van der Waals surface area contributed by atoms with Crippen LogP contribution in [0.25, 0.3) is 0 Å². The Balaban J connectivity index is 1.67. The maximum Gasteiger partial charge on any atom is 0.257 e. The fourth-order valence-corrected chi connectivity index (χ4v) is 2.69. The Labute approximate surface area is 162 Å². The Morgan fingerprint density at radius 2 is 1.61 bits per heavy atom. The van der Waals surface area contributed by atoms with Crippen LogP contribution in [0.15, 0.2) is 53.5 Å². The summed E-state index contributed by atoms with van der Waals surface area (Å²) in [6, 6.07) is 11.0. The minimum atomic E-state index is -0.417. The molecule has 0 spiro atoms. The summed E-state index contributed by atoms with van der Waals surface area (Å²) in [5.41, 5.74) is 0.897. The van der Waals surface area contributed by atoms with Crippen molar-refractivity contribution in [2.24, 2.45) is 4.99 Å². The van der Waals surface area contributed by atoms with Crippen molar-refractivity contribution in [2.75, 3.05) is 44.7 Å². The third-order valence-corrected chi connectivity index (χ3v) is 4.24. The molecule has 0 radical (unpaired) electrons. The first-order valence-corrected chi connectivity index (χ1v) is 9.04. The van der Waals surface area contributed by atoms with Crippen molar-refractivity contribution in [1.82, 2.24) is 10.2 Å². The molecule has 2 aromatic carbocycles. The van der Waals surface area contributed by atoms with Gasteiger partial charge in [-0.1, -0.05) is 0 Å². The third-order valence-electron chi connectivity index (χ3n) is 4.24. The van der Waals surface area contributed by atoms with Crippen LogP contribution in [0, 0.1) is 11.6 Å². The van der Waals surface area contributed by atoms with Crippen LogP contribution >= 0.6 is 0 Å². The predicted octanol–water partition coefficient (Wildman–Crippen LogP) is 2.49. The molecular weight excluding hydrogens is 366 g/mol. The highest BCUT2D eigenvalue weighted by Gasteiger charge is 2.12. The van der Waals surface area contributed by atoms with Crippen LogP contribution in [0.3, 0.4) is 0 Å². The molecule has 1 fully saturated rings. The van der Waals surface area contributed by atoms with Gasteiger partial charge in [0.2, 0.25) is 5.96 Å². The van der Waals surface area contributed by atoms with Crippen LogP contribution in [0.4, 0.5) is 14.5 Å². The topological polar surface area (TPSA) is 66.0 Å². The number of hydrogen-bond acceptors (Lipinski definition) is 4. The highest BCUT2D eigenvalue weighted by atomic mass is 19.1. The molecule has 1 saturated heterocycles. The van der Waals surface area contributed by atoms with E-state index in [1.807, 2.05) is 0 Å². The second-order valence-electron chi connectivity index (χ2n) is 6.28. The highest BCUT2D eigenvalue weighted by Crippen LogP contribution is 2.09. The van der Waals surface area contributed by atoms with Gasteiger partial charge in [0.25, 0.3) is 5.91 Å². The van der Waals surface area contributed by atoms with E-state index < -0.39 is 11.7 Å². The standard InChI is InChI=1S/C20H22F2N4O2/c21-16-3-1-15(2-4-16)19(27)25-20(24-18-7-5-17(22)6-8-18)23-9-10-26-11-13-28-14-12-26/h1-8H,9-14H2,(H2,23,24,25,27). The van der Waals surface area contributed by atoms with Gasteiger partial charge in [0.1, 0.15) is 11.6 Å². The van der Waals surface area contributed by atoms with E-state index in [0.717, 1.165) is 19.6 Å². The zero-order chi connectivity index (χ0) is 19.8. The van der Waals surface area contributed by atoms with Crippen molar-refractivity contribution >= 4 is 17.6 Å². The molecule has 0 atom stereocenters. The molecule has 0 saturated carbocycles. The maximum absolute atomic E-state index is 13.1. The van der Waals surface area contributed by atoms with Gasteiger partial charge >= 0.3 is 0 Å². The maximum atomic E-state index is 13.1. The quantitative estimate of drug-likeness (QED) is 0.610. The number of halogens is 2. The number of carbonyl (C=O) groups is 1. The van der Waals surface area contributed by atoms with Crippen LogP contribution in [0.1, 0.15) is 10.4 Å². The molecule has 8 heteroatoms. The number of carbonyl (C=O) groups excluding carboxylic acids is 1. The van der Waals surface area contributed by atoms with E-state index in [1.54, 1.807) is 12.1 Å². The Hall–Kier alpha value is -2.84. The minimum absolute atomic E-state index is 0.245. The number of rotatable bonds is 5. The van der Waals surface area contributed by atoms with Gasteiger partial charge in [0.15, 0.2) is 0 Å². The predicted molar refractivity (Wildman–Crippen MR) is 103 cm³/mol. The SMILES string of the molecule is O=C(NC(=NCCN1CCOCC1)Nc1ccc(F)cc1)c1ccc(F)cc1. The second-order valence-corrected chi connectivity index (χ2v) is 6.28. The number of ether oxygens (including phenoxy) is 1. The van der Waals surface area contributed by atoms with E-state index in [-0.39, 0.29) is 11.8 Å². The number of benzene rings is 2. The first-order valence-electron chi connectivity index (χ1n) is 9.04. The normalized spacial score (nSPS) is 15.3. The molecule has 148 valence electrons. The molecule has 1 amide bonds. The molecule has 0 aliphatic carbocycles. The number of anilines is 1. The summed E-state index contributed by atoms with van der Waals surface area (Å²) in [6.45, 7) is 4.28. The summed E-state index contributed by atoms with van der Waals surface area (Å²) in [5.74, 6) is -0.944. The van der Waals surface area contributed by atoms with Gasteiger partial charge in [-0.3, -0.25) is 20.0 Å². The van der Waals surface area contributed by atoms with E-state index in [9.17, 15) is 13.6 Å². The fraction of sp³-hybridized carbons (Fsp3) is 0.300. The number of guanidine groups is 1. The van der Waals surface area contributed by atoms with Crippen molar-refractivity contribution in [3.8, 4) is 0 Å². The van der Waals surface area contributed by atoms with Crippen molar-refractivity contribution in [1.29, 1.82) is 0 Å². The minimum Gasteiger partial charge on any atom is -0.379 e. The zero-order valence-corrected chi connectivity index (χ0v) is 15.3. The number of nitrogens with one attached hydrogen (secondary N) is 2. The Morgan fingerprint density at radius 1 is 1.00 bits per heavy atom. The molecule has 2 N–H and O–H groups in total. The summed E-state index contributed by atoms with van der Waals surface area (Å²) < 4.78 is 31.5. The number of nitrogens with zero attached hydrogens (tertiary/aromatic N) is 2. The van der Waals surface area contributed by atoms with Crippen molar-refractivity contribution in [3.63, 3.8) is 0 Å². The fourth-order valence-electron chi connectivity index (χ4n) is 2.69. The lowest BCUT2D eigenvalue weighted by molar-refractivity contribution is 0.0394. The molecule has 28 heavy (non-hydrogen) atoms. The van der Waals surface area contributed by atoms with Gasteiger partial charge in [-0.25, -0.2) is 8.78 Å². The highest BCUT2D eigenvalue weighted by molar-refractivity contribution is 6.09. The molecule has 1 heterocycles. The lowest BCUT2D eigenvalue weighted by Gasteiger charge is -2.25. The summed E-state index contributed by atoms with van der Waals surface area (Å²) in [7, 11) is 0. The molecule has 1 aliphatic rings. The average molecular weight is 388 g/mol. The van der Waals surface area contributed by atoms with E-state index in [1.165, 1.54) is 36.4 Å². The average Bonchev–Trinajstić information content (AvgIpc) is 2.71. The van der Waals surface area contributed by atoms with Crippen molar-refractivity contribution in [2.45, 2.75) is 0 Å². The molecule has 0 aromatic heterocycles. The van der Waals surface area contributed by atoms with Gasteiger partial charge in [-0.15, -0.1) is 0 Å². The largest absolute Gasteiger partial charge is 0.379 e. The Kier molecular flexibility index (Phi) is 7.05. The number of aliphatic imine (C=N–C) groups is 1. The van der Waals surface area contributed by atoms with Crippen LogP contribution in [0.5, 0.6) is 0 Å². The molecule has 2 aromatic rings. The van der Waals surface area contributed by atoms with E-state index in [4.69, 9.17) is 4.74 Å². The first kappa shape index (κ1) is 19.9. The second kappa shape index (κ2) is 9.91. The lowest BCUT2D eigenvalue weighted by atomic mass is 10.2. The molecule has 3 rings (SSSR count). The van der Waals surface area contributed by atoms with Crippen LogP contribution < -0.4 is 10.6 Å². The Bertz CT molecular complexity index is 804. The monoisotopic (exact) mass is 388 g/mol. The van der Waals surface area contributed by atoms with Gasteiger partial charge in [-0.05, 0) is 48.5 Å². The van der Waals surface area contributed by atoms with E-state index in [0.29, 0.717) is 31.0 Å². The Morgan fingerprint density at radius 3 is 2.25 bits per heavy atom. The van der Waals surface area contributed by atoms with E-state index >= 15 is 0 Å². The summed E-state index contributed by atoms with van der Waals surface area (Å²) in [6.07, 6.45) is 0. The summed E-state index contributed by atoms with van der Waals surface area (Å²) in [4.78, 5) is 19.1. The summed E-state index contributed by atoms with van der Waals surface area (Å²) in [5, 5.41) is 5.68. The van der Waals surface area contributed by atoms with Gasteiger partial charge in [0, 0.05) is 30.9 Å². The number of amides is 1. The van der Waals surface area contributed by atoms with Crippen molar-refractivity contribution in [3.05, 3.63) is 65.7 Å². The van der Waals surface area contributed by atoms with Crippen LogP contribution in [-0.4, -0.2) is 56.2 Å². The van der Waals surface area contributed by atoms with Gasteiger partial charge < -0.3 is 10.1 Å². The third kappa shape index (κ3) is 6.11. The van der Waals surface area contributed by atoms with Crippen molar-refractivity contribution < 1.29 is 18.3 Å². The van der Waals surface area contributed by atoms with Crippen LogP contribution in [-0.2, 0) is 4.74 Å². The van der Waals surface area contributed by atoms with Crippen LogP contribution in [0.2, 0.25) is 0 Å². The molecule has 1 aliphatic heterocycles. The zero-order valence-electron chi connectivity index (χ0n) is 15.3. The van der Waals surface area contributed by atoms with Gasteiger partial charge in [0.05, 0.1) is 19.8 Å². The number of hydrogen-bond donors (Lipinski definition) is 2.